The molecule has 0 saturated heterocycles. The molecule has 9 nitrogen and oxygen atoms in total. The molecule has 0 atom stereocenters. The average Bonchev–Trinajstić information content (AvgIpc) is 3.51. The fourth-order valence-electron chi connectivity index (χ4n) is 4.09. The number of benzene rings is 2. The van der Waals surface area contributed by atoms with E-state index in [1.54, 1.807) is 13.3 Å². The lowest BCUT2D eigenvalue weighted by Crippen LogP contribution is -2.10. The highest BCUT2D eigenvalue weighted by molar-refractivity contribution is 5.71. The predicted octanol–water partition coefficient (Wildman–Crippen LogP) is 4.05. The smallest absolute Gasteiger partial charge is 0.223 e. The number of imidazole rings is 1. The van der Waals surface area contributed by atoms with Gasteiger partial charge in [0, 0.05) is 12.5 Å². The molecule has 3 aromatic heterocycles. The molecule has 0 amide bonds. The third kappa shape index (κ3) is 3.29. The normalized spacial score (nSPS) is 12.1. The Labute approximate surface area is 189 Å². The maximum absolute atomic E-state index is 6.03. The van der Waals surface area contributed by atoms with Crippen LogP contribution in [0.1, 0.15) is 28.5 Å². The lowest BCUT2D eigenvalue weighted by atomic mass is 10.1. The lowest BCUT2D eigenvalue weighted by molar-refractivity contribution is 0.290. The van der Waals surface area contributed by atoms with Crippen molar-refractivity contribution in [1.29, 1.82) is 0 Å². The second-order valence-electron chi connectivity index (χ2n) is 8.20. The van der Waals surface area contributed by atoms with Crippen LogP contribution in [0.5, 0.6) is 5.75 Å². The number of fused-ring (bicyclic) bond motifs is 5. The summed E-state index contributed by atoms with van der Waals surface area (Å²) in [4.78, 5) is 9.02. The zero-order valence-corrected chi connectivity index (χ0v) is 18.5. The number of ether oxygens (including phenoxy) is 1. The van der Waals surface area contributed by atoms with E-state index in [0.717, 1.165) is 39.9 Å². The molecule has 1 aliphatic rings. The van der Waals surface area contributed by atoms with Crippen molar-refractivity contribution in [3.8, 4) is 34.3 Å². The van der Waals surface area contributed by atoms with Crippen molar-refractivity contribution in [3.63, 3.8) is 0 Å². The van der Waals surface area contributed by atoms with Gasteiger partial charge < -0.3 is 13.8 Å². The first kappa shape index (κ1) is 19.4. The molecule has 1 aliphatic heterocycles. The Morgan fingerprint density at radius 2 is 1.82 bits per heavy atom. The maximum Gasteiger partial charge on any atom is 0.223 e. The largest absolute Gasteiger partial charge is 0.486 e. The molecule has 0 fully saturated rings. The van der Waals surface area contributed by atoms with Crippen molar-refractivity contribution >= 4 is 0 Å². The zero-order valence-electron chi connectivity index (χ0n) is 18.5. The van der Waals surface area contributed by atoms with Crippen LogP contribution in [0.25, 0.3) is 28.6 Å². The summed E-state index contributed by atoms with van der Waals surface area (Å²) in [5, 5.41) is 13.1. The summed E-state index contributed by atoms with van der Waals surface area (Å²) in [7, 11) is 0. The van der Waals surface area contributed by atoms with Crippen molar-refractivity contribution in [3.05, 3.63) is 77.3 Å². The lowest BCUT2D eigenvalue weighted by Gasteiger charge is -2.10. The van der Waals surface area contributed by atoms with Gasteiger partial charge in [-0.2, -0.15) is 4.98 Å². The van der Waals surface area contributed by atoms with E-state index in [1.165, 1.54) is 5.56 Å². The van der Waals surface area contributed by atoms with Gasteiger partial charge in [0.1, 0.15) is 24.4 Å². The molecule has 6 rings (SSSR count). The number of hydrogen-bond donors (Lipinski definition) is 0. The highest BCUT2D eigenvalue weighted by Crippen LogP contribution is 2.35. The SMILES string of the molecule is Cc1ccc(OCc2nnc3n2Cc2c(-c4noc(C)n4)ncn2-c2ccc(C)cc2-3)cc1. The molecule has 2 aromatic carbocycles. The number of aryl methyl sites for hydroxylation is 3. The number of nitrogens with zero attached hydrogens (tertiary/aromatic N) is 7. The van der Waals surface area contributed by atoms with Gasteiger partial charge in [0.15, 0.2) is 11.6 Å². The molecule has 33 heavy (non-hydrogen) atoms. The van der Waals surface area contributed by atoms with Crippen LogP contribution in [0, 0.1) is 20.8 Å². The first-order valence-corrected chi connectivity index (χ1v) is 10.7. The zero-order chi connectivity index (χ0) is 22.5. The topological polar surface area (TPSA) is 96.7 Å². The van der Waals surface area contributed by atoms with Gasteiger partial charge in [-0.1, -0.05) is 34.5 Å². The second kappa shape index (κ2) is 7.40. The molecule has 0 unspecified atom stereocenters. The molecule has 0 N–H and O–H groups in total. The van der Waals surface area contributed by atoms with E-state index in [0.29, 0.717) is 30.6 Å². The summed E-state index contributed by atoms with van der Waals surface area (Å²) < 4.78 is 15.4. The predicted molar refractivity (Wildman–Crippen MR) is 120 cm³/mol. The minimum Gasteiger partial charge on any atom is -0.486 e. The van der Waals surface area contributed by atoms with Gasteiger partial charge in [-0.25, -0.2) is 4.98 Å². The highest BCUT2D eigenvalue weighted by Gasteiger charge is 2.28. The quantitative estimate of drug-likeness (QED) is 0.409. The maximum atomic E-state index is 6.03. The van der Waals surface area contributed by atoms with Gasteiger partial charge in [-0.05, 0) is 38.1 Å². The van der Waals surface area contributed by atoms with Crippen LogP contribution in [-0.2, 0) is 13.2 Å². The van der Waals surface area contributed by atoms with Gasteiger partial charge in [0.05, 0.1) is 17.9 Å². The standard InChI is InChI=1S/C24H21N7O2/c1-14-4-7-17(8-5-14)32-12-21-27-28-24-18-10-15(2)6-9-19(18)31-13-25-22(20(31)11-30(21)24)23-26-16(3)33-29-23/h4-10,13H,11-12H2,1-3H3. The fourth-order valence-corrected chi connectivity index (χ4v) is 4.09. The summed E-state index contributed by atoms with van der Waals surface area (Å²) in [5.74, 6) is 3.26. The third-order valence-electron chi connectivity index (χ3n) is 5.78. The molecule has 0 bridgehead atoms. The molecule has 5 aromatic rings. The first-order valence-electron chi connectivity index (χ1n) is 10.7. The van der Waals surface area contributed by atoms with Gasteiger partial charge in [-0.15, -0.1) is 10.2 Å². The third-order valence-corrected chi connectivity index (χ3v) is 5.78. The molecular formula is C24H21N7O2. The van der Waals surface area contributed by atoms with Crippen LogP contribution in [0.15, 0.2) is 53.3 Å². The first-order chi connectivity index (χ1) is 16.1. The van der Waals surface area contributed by atoms with Crippen LogP contribution in [0.2, 0.25) is 0 Å². The van der Waals surface area contributed by atoms with Crippen LogP contribution in [-0.4, -0.2) is 34.5 Å². The van der Waals surface area contributed by atoms with Gasteiger partial charge in [0.25, 0.3) is 0 Å². The van der Waals surface area contributed by atoms with Crippen LogP contribution >= 0.6 is 0 Å². The Hall–Kier alpha value is -4.27. The minimum absolute atomic E-state index is 0.294. The molecule has 0 radical (unpaired) electrons. The van der Waals surface area contributed by atoms with Crippen LogP contribution in [0.4, 0.5) is 0 Å². The summed E-state index contributed by atoms with van der Waals surface area (Å²) in [5.41, 5.74) is 5.88. The fraction of sp³-hybridized carbons (Fsp3) is 0.208. The van der Waals surface area contributed by atoms with Crippen molar-refractivity contribution in [2.24, 2.45) is 0 Å². The van der Waals surface area contributed by atoms with Crippen molar-refractivity contribution < 1.29 is 9.26 Å². The Balaban J connectivity index is 1.47. The molecule has 0 spiro atoms. The van der Waals surface area contributed by atoms with Gasteiger partial charge in [0.2, 0.25) is 11.7 Å². The van der Waals surface area contributed by atoms with Gasteiger partial charge >= 0.3 is 0 Å². The summed E-state index contributed by atoms with van der Waals surface area (Å²) >= 11 is 0. The Bertz CT molecular complexity index is 1480. The average molecular weight is 439 g/mol. The van der Waals surface area contributed by atoms with E-state index in [-0.39, 0.29) is 0 Å². The number of hydrogen-bond acceptors (Lipinski definition) is 7. The summed E-state index contributed by atoms with van der Waals surface area (Å²) in [6.07, 6.45) is 1.80. The summed E-state index contributed by atoms with van der Waals surface area (Å²) in [6, 6.07) is 14.2. The molecule has 0 aliphatic carbocycles. The Morgan fingerprint density at radius 3 is 2.61 bits per heavy atom. The molecule has 0 saturated carbocycles. The van der Waals surface area contributed by atoms with Crippen molar-refractivity contribution in [2.45, 2.75) is 33.9 Å². The summed E-state index contributed by atoms with van der Waals surface area (Å²) in [6.45, 7) is 6.67. The van der Waals surface area contributed by atoms with E-state index in [1.807, 2.05) is 31.2 Å². The second-order valence-corrected chi connectivity index (χ2v) is 8.20. The Morgan fingerprint density at radius 1 is 1.00 bits per heavy atom. The van der Waals surface area contributed by atoms with Gasteiger partial charge in [-0.3, -0.25) is 4.57 Å². The Kier molecular flexibility index (Phi) is 4.36. The molecule has 9 heteroatoms. The van der Waals surface area contributed by atoms with E-state index < -0.39 is 0 Å². The van der Waals surface area contributed by atoms with E-state index in [2.05, 4.69) is 59.6 Å². The molecule has 4 heterocycles. The van der Waals surface area contributed by atoms with Crippen LogP contribution < -0.4 is 4.74 Å². The molecule has 164 valence electrons. The van der Waals surface area contributed by atoms with Crippen molar-refractivity contribution in [1.82, 2.24) is 34.5 Å². The van der Waals surface area contributed by atoms with E-state index in [4.69, 9.17) is 9.26 Å². The van der Waals surface area contributed by atoms with E-state index >= 15 is 0 Å². The monoisotopic (exact) mass is 439 g/mol. The minimum atomic E-state index is 0.294. The number of aromatic nitrogens is 7. The van der Waals surface area contributed by atoms with E-state index in [9.17, 15) is 0 Å². The molecular weight excluding hydrogens is 418 g/mol. The number of rotatable bonds is 4. The van der Waals surface area contributed by atoms with Crippen molar-refractivity contribution in [2.75, 3.05) is 0 Å². The highest BCUT2D eigenvalue weighted by atomic mass is 16.5. The van der Waals surface area contributed by atoms with Crippen LogP contribution in [0.3, 0.4) is 0 Å².